The second-order valence-corrected chi connectivity index (χ2v) is 6.58. The largest absolute Gasteiger partial charge is 0.371 e. The number of fused-ring (bicyclic) bond motifs is 1. The molecule has 0 aliphatic carbocycles. The van der Waals surface area contributed by atoms with Gasteiger partial charge in [0.25, 0.3) is 0 Å². The van der Waals surface area contributed by atoms with Gasteiger partial charge in [-0.1, -0.05) is 18.2 Å². The molecule has 1 aliphatic rings. The number of carbonyl (C=O) groups excluding carboxylic acids is 1. The average Bonchev–Trinajstić information content (AvgIpc) is 2.86. The first-order valence-corrected chi connectivity index (χ1v) is 7.89. The van der Waals surface area contributed by atoms with E-state index < -0.39 is 0 Å². The molecule has 118 valence electrons. The molecular weight excluding hydrogens is 278 g/mol. The normalized spacial score (nSPS) is 20.9. The highest BCUT2D eigenvalue weighted by molar-refractivity contribution is 5.79. The van der Waals surface area contributed by atoms with Crippen molar-refractivity contribution in [1.29, 1.82) is 0 Å². The third-order valence-electron chi connectivity index (χ3n) is 4.08. The number of benzene rings is 1. The van der Waals surface area contributed by atoms with Crippen LogP contribution in [0.5, 0.6) is 0 Å². The number of aromatic nitrogens is 2. The van der Waals surface area contributed by atoms with Crippen molar-refractivity contribution in [1.82, 2.24) is 15.1 Å². The summed E-state index contributed by atoms with van der Waals surface area (Å²) in [7, 11) is 0. The number of ether oxygens (including phenoxy) is 1. The maximum atomic E-state index is 12.1. The first-order valence-electron chi connectivity index (χ1n) is 7.89. The standard InChI is InChI=1S/C17H23N3O2/c1-17(2)9-5-7-14(22-17)10-18-16(21)12-20-11-13-6-3-4-8-15(13)19-20/h3-4,6,8,11,14H,5,7,9-10,12H2,1-2H3,(H,18,21). The van der Waals surface area contributed by atoms with Crippen LogP contribution in [0, 0.1) is 0 Å². The van der Waals surface area contributed by atoms with Crippen molar-refractivity contribution in [3.8, 4) is 0 Å². The van der Waals surface area contributed by atoms with Gasteiger partial charge in [0.2, 0.25) is 5.91 Å². The van der Waals surface area contributed by atoms with Crippen molar-refractivity contribution >= 4 is 16.8 Å². The first-order chi connectivity index (χ1) is 10.5. The number of carbonyl (C=O) groups is 1. The van der Waals surface area contributed by atoms with Gasteiger partial charge in [0.1, 0.15) is 6.54 Å². The summed E-state index contributed by atoms with van der Waals surface area (Å²) in [6.45, 7) is 5.03. The Kier molecular flexibility index (Phi) is 4.16. The van der Waals surface area contributed by atoms with Crippen molar-refractivity contribution in [2.45, 2.75) is 51.4 Å². The summed E-state index contributed by atoms with van der Waals surface area (Å²) in [5.41, 5.74) is 0.834. The Bertz CT molecular complexity index is 630. The predicted molar refractivity (Wildman–Crippen MR) is 85.5 cm³/mol. The lowest BCUT2D eigenvalue weighted by molar-refractivity contribution is -0.127. The highest BCUT2D eigenvalue weighted by Crippen LogP contribution is 2.27. The summed E-state index contributed by atoms with van der Waals surface area (Å²) in [6, 6.07) is 7.86. The Hall–Kier alpha value is -1.88. The van der Waals surface area contributed by atoms with Crippen molar-refractivity contribution in [3.05, 3.63) is 30.5 Å². The summed E-state index contributed by atoms with van der Waals surface area (Å²) in [4.78, 5) is 12.1. The molecular formula is C17H23N3O2. The Morgan fingerprint density at radius 1 is 1.45 bits per heavy atom. The van der Waals surface area contributed by atoms with Crippen molar-refractivity contribution < 1.29 is 9.53 Å². The van der Waals surface area contributed by atoms with Crippen molar-refractivity contribution in [2.75, 3.05) is 6.54 Å². The number of hydrogen-bond acceptors (Lipinski definition) is 3. The highest BCUT2D eigenvalue weighted by atomic mass is 16.5. The summed E-state index contributed by atoms with van der Waals surface area (Å²) in [5, 5.41) is 8.40. The fraction of sp³-hybridized carbons (Fsp3) is 0.529. The van der Waals surface area contributed by atoms with E-state index >= 15 is 0 Å². The van der Waals surface area contributed by atoms with Gasteiger partial charge in [-0.3, -0.25) is 9.48 Å². The van der Waals surface area contributed by atoms with Gasteiger partial charge in [-0.2, -0.15) is 5.10 Å². The SMILES string of the molecule is CC1(C)CCCC(CNC(=O)Cn2cc3ccccc3n2)O1. The minimum atomic E-state index is -0.0760. The summed E-state index contributed by atoms with van der Waals surface area (Å²) >= 11 is 0. The molecule has 1 fully saturated rings. The van der Waals surface area contributed by atoms with Crippen LogP contribution in [0.3, 0.4) is 0 Å². The van der Waals surface area contributed by atoms with E-state index in [1.165, 1.54) is 0 Å². The van der Waals surface area contributed by atoms with Gasteiger partial charge in [-0.15, -0.1) is 0 Å². The predicted octanol–water partition coefficient (Wildman–Crippen LogP) is 2.50. The second kappa shape index (κ2) is 6.08. The van der Waals surface area contributed by atoms with Gasteiger partial charge in [-0.05, 0) is 39.2 Å². The van der Waals surface area contributed by atoms with Crippen molar-refractivity contribution in [3.63, 3.8) is 0 Å². The summed E-state index contributed by atoms with van der Waals surface area (Å²) < 4.78 is 7.67. The molecule has 22 heavy (non-hydrogen) atoms. The minimum absolute atomic E-state index is 0.0280. The topological polar surface area (TPSA) is 56.2 Å². The fourth-order valence-corrected chi connectivity index (χ4v) is 3.00. The molecule has 1 saturated heterocycles. The van der Waals surface area contributed by atoms with E-state index in [1.807, 2.05) is 30.5 Å². The highest BCUT2D eigenvalue weighted by Gasteiger charge is 2.28. The Morgan fingerprint density at radius 3 is 3.05 bits per heavy atom. The molecule has 0 saturated carbocycles. The molecule has 5 nitrogen and oxygen atoms in total. The van der Waals surface area contributed by atoms with Crippen LogP contribution in [0.25, 0.3) is 10.9 Å². The van der Waals surface area contributed by atoms with E-state index in [0.717, 1.165) is 30.2 Å². The monoisotopic (exact) mass is 301 g/mol. The minimum Gasteiger partial charge on any atom is -0.371 e. The van der Waals surface area contributed by atoms with Crippen LogP contribution in [-0.4, -0.2) is 33.9 Å². The van der Waals surface area contributed by atoms with Gasteiger partial charge in [-0.25, -0.2) is 0 Å². The Balaban J connectivity index is 1.52. The third kappa shape index (κ3) is 3.65. The van der Waals surface area contributed by atoms with E-state index in [9.17, 15) is 4.79 Å². The molecule has 2 heterocycles. The van der Waals surface area contributed by atoms with Crippen LogP contribution >= 0.6 is 0 Å². The van der Waals surface area contributed by atoms with Crippen LogP contribution in [0.1, 0.15) is 33.1 Å². The number of rotatable bonds is 4. The third-order valence-corrected chi connectivity index (χ3v) is 4.08. The second-order valence-electron chi connectivity index (χ2n) is 6.58. The molecule has 1 aromatic carbocycles. The lowest BCUT2D eigenvalue weighted by Gasteiger charge is -2.36. The van der Waals surface area contributed by atoms with Crippen LogP contribution in [-0.2, 0) is 16.1 Å². The van der Waals surface area contributed by atoms with Gasteiger partial charge < -0.3 is 10.1 Å². The fourth-order valence-electron chi connectivity index (χ4n) is 3.00. The molecule has 2 aromatic rings. The molecule has 5 heteroatoms. The Morgan fingerprint density at radius 2 is 2.27 bits per heavy atom. The number of nitrogens with one attached hydrogen (secondary N) is 1. The number of nitrogens with zero attached hydrogens (tertiary/aromatic N) is 2. The first kappa shape index (κ1) is 15.0. The van der Waals surface area contributed by atoms with E-state index in [0.29, 0.717) is 6.54 Å². The van der Waals surface area contributed by atoms with Crippen LogP contribution < -0.4 is 5.32 Å². The number of hydrogen-bond donors (Lipinski definition) is 1. The lowest BCUT2D eigenvalue weighted by atomic mass is 9.95. The van der Waals surface area contributed by atoms with Crippen LogP contribution in [0.4, 0.5) is 0 Å². The van der Waals surface area contributed by atoms with Crippen molar-refractivity contribution in [2.24, 2.45) is 0 Å². The summed E-state index contributed by atoms with van der Waals surface area (Å²) in [5.74, 6) is -0.0280. The molecule has 1 amide bonds. The van der Waals surface area contributed by atoms with Gasteiger partial charge in [0.05, 0.1) is 17.2 Å². The molecule has 1 N–H and O–H groups in total. The van der Waals surface area contributed by atoms with E-state index in [-0.39, 0.29) is 24.2 Å². The van der Waals surface area contributed by atoms with Gasteiger partial charge >= 0.3 is 0 Å². The Labute approximate surface area is 130 Å². The molecule has 1 aromatic heterocycles. The van der Waals surface area contributed by atoms with Gasteiger partial charge in [0, 0.05) is 18.1 Å². The molecule has 1 atom stereocenters. The molecule has 1 aliphatic heterocycles. The van der Waals surface area contributed by atoms with E-state index in [1.54, 1.807) is 4.68 Å². The smallest absolute Gasteiger partial charge is 0.241 e. The maximum Gasteiger partial charge on any atom is 0.241 e. The number of amides is 1. The lowest BCUT2D eigenvalue weighted by Crippen LogP contribution is -2.42. The zero-order valence-electron chi connectivity index (χ0n) is 13.2. The van der Waals surface area contributed by atoms with Crippen LogP contribution in [0.15, 0.2) is 30.5 Å². The average molecular weight is 301 g/mol. The molecule has 1 unspecified atom stereocenters. The molecule has 0 radical (unpaired) electrons. The molecule has 0 spiro atoms. The zero-order chi connectivity index (χ0) is 15.6. The maximum absolute atomic E-state index is 12.1. The van der Waals surface area contributed by atoms with E-state index in [2.05, 4.69) is 24.3 Å². The van der Waals surface area contributed by atoms with Gasteiger partial charge in [0.15, 0.2) is 0 Å². The molecule has 3 rings (SSSR count). The zero-order valence-corrected chi connectivity index (χ0v) is 13.2. The molecule has 0 bridgehead atoms. The summed E-state index contributed by atoms with van der Waals surface area (Å²) in [6.07, 6.45) is 5.25. The quantitative estimate of drug-likeness (QED) is 0.944. The van der Waals surface area contributed by atoms with Crippen LogP contribution in [0.2, 0.25) is 0 Å². The van der Waals surface area contributed by atoms with E-state index in [4.69, 9.17) is 4.74 Å².